The molecule has 2 unspecified atom stereocenters. The van der Waals surface area contributed by atoms with E-state index in [9.17, 15) is 14.3 Å². The van der Waals surface area contributed by atoms with Crippen LogP contribution >= 0.6 is 0 Å². The summed E-state index contributed by atoms with van der Waals surface area (Å²) in [5.41, 5.74) is 2.63. The normalized spacial score (nSPS) is 25.0. The molecule has 0 bridgehead atoms. The second kappa shape index (κ2) is 5.64. The minimum Gasteiger partial charge on any atom is -0.393 e. The quantitative estimate of drug-likeness (QED) is 0.900. The molecule has 1 fully saturated rings. The predicted molar refractivity (Wildman–Crippen MR) is 84.5 cm³/mol. The number of rotatable bonds is 3. The zero-order valence-corrected chi connectivity index (χ0v) is 13.0. The summed E-state index contributed by atoms with van der Waals surface area (Å²) in [6.45, 7) is 0.643. The Morgan fingerprint density at radius 2 is 2.13 bits per heavy atom. The van der Waals surface area contributed by atoms with Gasteiger partial charge in [0.15, 0.2) is 0 Å². The summed E-state index contributed by atoms with van der Waals surface area (Å²) >= 11 is 0. The molecule has 0 radical (unpaired) electrons. The maximum atomic E-state index is 14.4. The first-order valence-corrected chi connectivity index (χ1v) is 8.34. The molecule has 0 aromatic heterocycles. The highest BCUT2D eigenvalue weighted by Crippen LogP contribution is 2.46. The summed E-state index contributed by atoms with van der Waals surface area (Å²) in [7, 11) is 0. The Bertz CT molecular complexity index is 663. The van der Waals surface area contributed by atoms with Crippen LogP contribution in [-0.4, -0.2) is 28.6 Å². The number of benzene rings is 1. The number of ketones is 1. The van der Waals surface area contributed by atoms with E-state index in [0.717, 1.165) is 24.1 Å². The van der Waals surface area contributed by atoms with E-state index in [1.165, 1.54) is 6.07 Å². The summed E-state index contributed by atoms with van der Waals surface area (Å²) in [6, 6.07) is 5.03. The van der Waals surface area contributed by atoms with Crippen LogP contribution in [0.4, 0.5) is 4.39 Å². The average Bonchev–Trinajstić information content (AvgIpc) is 3.12. The van der Waals surface area contributed by atoms with Crippen molar-refractivity contribution in [1.29, 1.82) is 0 Å². The van der Waals surface area contributed by atoms with Gasteiger partial charge in [-0.15, -0.1) is 0 Å². The van der Waals surface area contributed by atoms with Crippen LogP contribution < -0.4 is 5.32 Å². The van der Waals surface area contributed by atoms with Gasteiger partial charge in [-0.05, 0) is 31.2 Å². The molecule has 2 aliphatic heterocycles. The first-order valence-electron chi connectivity index (χ1n) is 8.34. The molecule has 2 N–H and O–H groups in total. The molecule has 0 spiro atoms. The van der Waals surface area contributed by atoms with E-state index < -0.39 is 6.10 Å². The number of carbonyl (C=O) groups excluding carboxylic acids is 1. The molecular weight excluding hydrogens is 295 g/mol. The largest absolute Gasteiger partial charge is 0.393 e. The van der Waals surface area contributed by atoms with Crippen molar-refractivity contribution in [3.8, 4) is 0 Å². The predicted octanol–water partition coefficient (Wildman–Crippen LogP) is 2.55. The van der Waals surface area contributed by atoms with Gasteiger partial charge in [-0.3, -0.25) is 4.79 Å². The monoisotopic (exact) mass is 316 g/mol. The summed E-state index contributed by atoms with van der Waals surface area (Å²) in [6.07, 6.45) is 4.55. The number of nitrogens with zero attached hydrogens (tertiary/aromatic N) is 1. The van der Waals surface area contributed by atoms with Crippen molar-refractivity contribution in [3.63, 3.8) is 0 Å². The van der Waals surface area contributed by atoms with Crippen LogP contribution in [0.3, 0.4) is 0 Å². The van der Waals surface area contributed by atoms with E-state index in [-0.39, 0.29) is 17.8 Å². The van der Waals surface area contributed by atoms with Gasteiger partial charge in [-0.1, -0.05) is 12.1 Å². The molecule has 1 saturated carbocycles. The SMILES string of the molecule is O=C1CCC(C(O)CC2c3c(F)cccc3C3=CNCN32)CC1. The van der Waals surface area contributed by atoms with Crippen LogP contribution in [0, 0.1) is 11.7 Å². The van der Waals surface area contributed by atoms with Crippen molar-refractivity contribution in [3.05, 3.63) is 41.3 Å². The fourth-order valence-electron chi connectivity index (χ4n) is 4.19. The van der Waals surface area contributed by atoms with E-state index >= 15 is 0 Å². The Morgan fingerprint density at radius 3 is 2.91 bits per heavy atom. The standard InChI is InChI=1S/C18H21FN2O2/c19-14-3-1-2-13-16-9-20-10-21(16)15(18(13)14)8-17(23)11-4-6-12(22)7-5-11/h1-3,9,11,15,17,20,23H,4-8,10H2. The molecule has 1 aromatic rings. The van der Waals surface area contributed by atoms with Crippen LogP contribution in [0.15, 0.2) is 24.4 Å². The van der Waals surface area contributed by atoms with Gasteiger partial charge in [0.05, 0.1) is 24.5 Å². The minimum absolute atomic E-state index is 0.139. The highest BCUT2D eigenvalue weighted by molar-refractivity contribution is 5.79. The number of hydrogen-bond acceptors (Lipinski definition) is 4. The zero-order chi connectivity index (χ0) is 16.0. The smallest absolute Gasteiger partial charge is 0.132 e. The van der Waals surface area contributed by atoms with E-state index in [2.05, 4.69) is 10.2 Å². The molecule has 2 heterocycles. The van der Waals surface area contributed by atoms with Crippen molar-refractivity contribution in [2.45, 2.75) is 44.2 Å². The second-order valence-electron chi connectivity index (χ2n) is 6.76. The van der Waals surface area contributed by atoms with E-state index in [4.69, 9.17) is 0 Å². The number of carbonyl (C=O) groups is 1. The summed E-state index contributed by atoms with van der Waals surface area (Å²) < 4.78 is 14.4. The number of fused-ring (bicyclic) bond motifs is 3. The molecule has 122 valence electrons. The maximum absolute atomic E-state index is 14.4. The van der Waals surface area contributed by atoms with Crippen LogP contribution in [0.2, 0.25) is 0 Å². The molecule has 1 aromatic carbocycles. The molecule has 2 atom stereocenters. The molecule has 23 heavy (non-hydrogen) atoms. The van der Waals surface area contributed by atoms with Crippen molar-refractivity contribution >= 4 is 11.5 Å². The van der Waals surface area contributed by atoms with Crippen LogP contribution in [0.25, 0.3) is 5.70 Å². The number of hydrogen-bond donors (Lipinski definition) is 2. The third-order valence-electron chi connectivity index (χ3n) is 5.44. The third-order valence-corrected chi connectivity index (χ3v) is 5.44. The van der Waals surface area contributed by atoms with Crippen molar-refractivity contribution in [1.82, 2.24) is 10.2 Å². The lowest BCUT2D eigenvalue weighted by Crippen LogP contribution is -2.32. The first kappa shape index (κ1) is 14.7. The zero-order valence-electron chi connectivity index (χ0n) is 13.0. The molecule has 1 aliphatic carbocycles. The summed E-state index contributed by atoms with van der Waals surface area (Å²) in [5, 5.41) is 13.8. The fourth-order valence-corrected chi connectivity index (χ4v) is 4.19. The Balaban J connectivity index is 1.57. The minimum atomic E-state index is -0.500. The lowest BCUT2D eigenvalue weighted by Gasteiger charge is -2.31. The lowest BCUT2D eigenvalue weighted by atomic mass is 9.82. The van der Waals surface area contributed by atoms with Crippen LogP contribution in [0.1, 0.15) is 49.3 Å². The maximum Gasteiger partial charge on any atom is 0.132 e. The highest BCUT2D eigenvalue weighted by atomic mass is 19.1. The lowest BCUT2D eigenvalue weighted by molar-refractivity contribution is -0.121. The summed E-state index contributed by atoms with van der Waals surface area (Å²) in [5.74, 6) is 0.236. The number of halogens is 1. The number of aliphatic hydroxyl groups excluding tert-OH is 1. The Hall–Kier alpha value is -1.88. The summed E-state index contributed by atoms with van der Waals surface area (Å²) in [4.78, 5) is 13.5. The van der Waals surface area contributed by atoms with Crippen molar-refractivity contribution in [2.75, 3.05) is 6.67 Å². The number of nitrogens with one attached hydrogen (secondary N) is 1. The topological polar surface area (TPSA) is 52.6 Å². The van der Waals surface area contributed by atoms with E-state index in [1.807, 2.05) is 12.3 Å². The highest BCUT2D eigenvalue weighted by Gasteiger charge is 2.40. The van der Waals surface area contributed by atoms with Gasteiger partial charge in [-0.25, -0.2) is 4.39 Å². The Kier molecular flexibility index (Phi) is 3.60. The van der Waals surface area contributed by atoms with Crippen molar-refractivity contribution in [2.24, 2.45) is 5.92 Å². The van der Waals surface area contributed by atoms with Crippen molar-refractivity contribution < 1.29 is 14.3 Å². The van der Waals surface area contributed by atoms with Gasteiger partial charge in [0.1, 0.15) is 11.6 Å². The molecule has 4 rings (SSSR count). The van der Waals surface area contributed by atoms with Crippen LogP contribution in [0.5, 0.6) is 0 Å². The first-order chi connectivity index (χ1) is 11.1. The van der Waals surface area contributed by atoms with Gasteiger partial charge in [-0.2, -0.15) is 0 Å². The van der Waals surface area contributed by atoms with Gasteiger partial charge >= 0.3 is 0 Å². The molecule has 3 aliphatic rings. The van der Waals surface area contributed by atoms with Crippen LogP contribution in [-0.2, 0) is 4.79 Å². The molecule has 4 nitrogen and oxygen atoms in total. The van der Waals surface area contributed by atoms with E-state index in [1.54, 1.807) is 6.07 Å². The number of aliphatic hydroxyl groups is 1. The fraction of sp³-hybridized carbons (Fsp3) is 0.500. The molecular formula is C18H21FN2O2. The Morgan fingerprint density at radius 1 is 1.35 bits per heavy atom. The molecule has 0 saturated heterocycles. The molecule has 0 amide bonds. The molecule has 5 heteroatoms. The third kappa shape index (κ3) is 2.43. The number of Topliss-reactive ketones (excluding diaryl/α,β-unsaturated/α-hetero) is 1. The van der Waals surface area contributed by atoms with Gasteiger partial charge < -0.3 is 15.3 Å². The Labute approximate surface area is 135 Å². The second-order valence-corrected chi connectivity index (χ2v) is 6.76. The van der Waals surface area contributed by atoms with E-state index in [0.29, 0.717) is 37.3 Å². The van der Waals surface area contributed by atoms with Gasteiger partial charge in [0.2, 0.25) is 0 Å². The van der Waals surface area contributed by atoms with Gasteiger partial charge in [0, 0.05) is 30.2 Å². The average molecular weight is 316 g/mol. The van der Waals surface area contributed by atoms with Gasteiger partial charge in [0.25, 0.3) is 0 Å².